The van der Waals surface area contributed by atoms with E-state index in [4.69, 9.17) is 0 Å². The Morgan fingerprint density at radius 2 is 2.25 bits per heavy atom. The average Bonchev–Trinajstić information content (AvgIpc) is 2.27. The van der Waals surface area contributed by atoms with Crippen molar-refractivity contribution in [1.82, 2.24) is 15.6 Å². The largest absolute Gasteiger partial charge is 0.352 e. The van der Waals surface area contributed by atoms with Gasteiger partial charge in [0.15, 0.2) is 0 Å². The van der Waals surface area contributed by atoms with Crippen LogP contribution in [0.3, 0.4) is 0 Å². The number of hydrogen-bond donors (Lipinski definition) is 2. The predicted octanol–water partition coefficient (Wildman–Crippen LogP) is 1.09. The highest BCUT2D eigenvalue weighted by molar-refractivity contribution is 5.77. The van der Waals surface area contributed by atoms with E-state index in [1.165, 1.54) is 0 Å². The molecule has 0 fully saturated rings. The first kappa shape index (κ1) is 12.6. The van der Waals surface area contributed by atoms with Gasteiger partial charge in [-0.2, -0.15) is 0 Å². The number of nitrogens with one attached hydrogen (secondary N) is 2. The Labute approximate surface area is 96.5 Å². The van der Waals surface area contributed by atoms with Gasteiger partial charge in [-0.3, -0.25) is 9.78 Å². The van der Waals surface area contributed by atoms with Gasteiger partial charge in [-0.15, -0.1) is 0 Å². The molecule has 1 aromatic rings. The molecular weight excluding hydrogens is 202 g/mol. The maximum Gasteiger partial charge on any atom is 0.222 e. The van der Waals surface area contributed by atoms with E-state index in [-0.39, 0.29) is 11.4 Å². The Hall–Kier alpha value is -1.42. The van der Waals surface area contributed by atoms with Gasteiger partial charge < -0.3 is 10.6 Å². The van der Waals surface area contributed by atoms with E-state index in [1.807, 2.05) is 33.0 Å². The van der Waals surface area contributed by atoms with E-state index in [9.17, 15) is 4.79 Å². The molecular formula is C12H19N3O. The Kier molecular flexibility index (Phi) is 4.43. The number of rotatable bonds is 5. The molecule has 1 heterocycles. The van der Waals surface area contributed by atoms with Crippen LogP contribution in [0.25, 0.3) is 0 Å². The number of carbonyl (C=O) groups is 1. The molecule has 0 atom stereocenters. The Morgan fingerprint density at radius 1 is 1.50 bits per heavy atom. The Balaban J connectivity index is 2.36. The molecule has 1 aromatic heterocycles. The fourth-order valence-corrected chi connectivity index (χ4v) is 1.26. The van der Waals surface area contributed by atoms with Crippen molar-refractivity contribution in [3.05, 3.63) is 30.1 Å². The molecule has 0 unspecified atom stereocenters. The summed E-state index contributed by atoms with van der Waals surface area (Å²) in [5.74, 6) is 0.0446. The molecule has 0 aliphatic heterocycles. The summed E-state index contributed by atoms with van der Waals surface area (Å²) in [7, 11) is 1.86. The van der Waals surface area contributed by atoms with Crippen molar-refractivity contribution in [3.63, 3.8) is 0 Å². The van der Waals surface area contributed by atoms with Crippen LogP contribution >= 0.6 is 0 Å². The van der Waals surface area contributed by atoms with Crippen molar-refractivity contribution in [2.24, 2.45) is 0 Å². The van der Waals surface area contributed by atoms with Crippen LogP contribution in [0.15, 0.2) is 24.5 Å². The molecule has 4 nitrogen and oxygen atoms in total. The summed E-state index contributed by atoms with van der Waals surface area (Å²) in [5.41, 5.74) is 0.845. The van der Waals surface area contributed by atoms with Gasteiger partial charge in [0, 0.05) is 30.9 Å². The smallest absolute Gasteiger partial charge is 0.222 e. The molecule has 0 aromatic carbocycles. The lowest BCUT2D eigenvalue weighted by atomic mass is 10.0. The molecule has 2 N–H and O–H groups in total. The molecule has 0 saturated heterocycles. The minimum atomic E-state index is -0.168. The summed E-state index contributed by atoms with van der Waals surface area (Å²) in [6, 6.07) is 3.80. The summed E-state index contributed by atoms with van der Waals surface area (Å²) in [6.07, 6.45) is 3.93. The third-order valence-electron chi connectivity index (χ3n) is 2.49. The molecule has 16 heavy (non-hydrogen) atoms. The molecule has 0 saturated carbocycles. The van der Waals surface area contributed by atoms with Gasteiger partial charge >= 0.3 is 0 Å². The van der Waals surface area contributed by atoms with Crippen LogP contribution in [-0.2, 0) is 11.3 Å². The summed E-state index contributed by atoms with van der Waals surface area (Å²) < 4.78 is 0. The number of hydrogen-bond acceptors (Lipinski definition) is 3. The maximum absolute atomic E-state index is 11.6. The third kappa shape index (κ3) is 4.40. The second kappa shape index (κ2) is 5.61. The zero-order valence-electron chi connectivity index (χ0n) is 10.1. The summed E-state index contributed by atoms with van der Waals surface area (Å²) in [5, 5.41) is 5.97. The van der Waals surface area contributed by atoms with Crippen molar-refractivity contribution < 1.29 is 4.79 Å². The van der Waals surface area contributed by atoms with E-state index in [1.54, 1.807) is 12.4 Å². The minimum Gasteiger partial charge on any atom is -0.352 e. The fraction of sp³-hybridized carbons (Fsp3) is 0.500. The lowest BCUT2D eigenvalue weighted by Crippen LogP contribution is -2.41. The predicted molar refractivity (Wildman–Crippen MR) is 63.8 cm³/mol. The molecule has 1 amide bonds. The quantitative estimate of drug-likeness (QED) is 0.782. The molecule has 0 bridgehead atoms. The standard InChI is InChI=1S/C12H19N3O/c1-12(2,13-3)7-11(16)15-9-10-5-4-6-14-8-10/h4-6,8,13H,7,9H2,1-3H3,(H,15,16). The zero-order valence-corrected chi connectivity index (χ0v) is 10.1. The van der Waals surface area contributed by atoms with Crippen LogP contribution < -0.4 is 10.6 Å². The minimum absolute atomic E-state index is 0.0446. The average molecular weight is 221 g/mol. The summed E-state index contributed by atoms with van der Waals surface area (Å²) in [6.45, 7) is 4.53. The number of aromatic nitrogens is 1. The number of nitrogens with zero attached hydrogens (tertiary/aromatic N) is 1. The van der Waals surface area contributed by atoms with Gasteiger partial charge in [-0.05, 0) is 32.5 Å². The first-order chi connectivity index (χ1) is 7.53. The van der Waals surface area contributed by atoms with E-state index in [0.717, 1.165) is 5.56 Å². The molecule has 0 aliphatic carbocycles. The van der Waals surface area contributed by atoms with Crippen molar-refractivity contribution in [2.75, 3.05) is 7.05 Å². The van der Waals surface area contributed by atoms with Crippen molar-refractivity contribution >= 4 is 5.91 Å². The molecule has 0 radical (unpaired) electrons. The monoisotopic (exact) mass is 221 g/mol. The Morgan fingerprint density at radius 3 is 2.81 bits per heavy atom. The molecule has 0 spiro atoms. The van der Waals surface area contributed by atoms with Gasteiger partial charge in [0.2, 0.25) is 5.91 Å². The first-order valence-electron chi connectivity index (χ1n) is 5.38. The van der Waals surface area contributed by atoms with Crippen molar-refractivity contribution in [3.8, 4) is 0 Å². The normalized spacial score (nSPS) is 11.2. The second-order valence-corrected chi connectivity index (χ2v) is 4.45. The van der Waals surface area contributed by atoms with Crippen LogP contribution in [0, 0.1) is 0 Å². The van der Waals surface area contributed by atoms with E-state index in [0.29, 0.717) is 13.0 Å². The number of amides is 1. The number of pyridine rings is 1. The van der Waals surface area contributed by atoms with Crippen LogP contribution in [-0.4, -0.2) is 23.5 Å². The van der Waals surface area contributed by atoms with E-state index in [2.05, 4.69) is 15.6 Å². The molecule has 4 heteroatoms. The topological polar surface area (TPSA) is 54.0 Å². The van der Waals surface area contributed by atoms with Gasteiger partial charge in [0.1, 0.15) is 0 Å². The third-order valence-corrected chi connectivity index (χ3v) is 2.49. The van der Waals surface area contributed by atoms with E-state index >= 15 is 0 Å². The van der Waals surface area contributed by atoms with E-state index < -0.39 is 0 Å². The highest BCUT2D eigenvalue weighted by Crippen LogP contribution is 2.06. The lowest BCUT2D eigenvalue weighted by molar-refractivity contribution is -0.122. The molecule has 1 rings (SSSR count). The van der Waals surface area contributed by atoms with Crippen LogP contribution in [0.1, 0.15) is 25.8 Å². The number of carbonyl (C=O) groups excluding carboxylic acids is 1. The summed E-state index contributed by atoms with van der Waals surface area (Å²) in [4.78, 5) is 15.6. The lowest BCUT2D eigenvalue weighted by Gasteiger charge is -2.23. The van der Waals surface area contributed by atoms with Crippen LogP contribution in [0.2, 0.25) is 0 Å². The van der Waals surface area contributed by atoms with Gasteiger partial charge in [0.25, 0.3) is 0 Å². The SMILES string of the molecule is CNC(C)(C)CC(=O)NCc1cccnc1. The second-order valence-electron chi connectivity index (χ2n) is 4.45. The zero-order chi connectivity index (χ0) is 12.0. The first-order valence-corrected chi connectivity index (χ1v) is 5.38. The highest BCUT2D eigenvalue weighted by Gasteiger charge is 2.18. The fourth-order valence-electron chi connectivity index (χ4n) is 1.26. The van der Waals surface area contributed by atoms with Gasteiger partial charge in [-0.1, -0.05) is 6.07 Å². The van der Waals surface area contributed by atoms with Gasteiger partial charge in [-0.25, -0.2) is 0 Å². The van der Waals surface area contributed by atoms with Gasteiger partial charge in [0.05, 0.1) is 0 Å². The molecule has 0 aliphatic rings. The molecule has 88 valence electrons. The van der Waals surface area contributed by atoms with Crippen molar-refractivity contribution in [2.45, 2.75) is 32.4 Å². The Bertz CT molecular complexity index is 335. The summed E-state index contributed by atoms with van der Waals surface area (Å²) >= 11 is 0. The maximum atomic E-state index is 11.6. The van der Waals surface area contributed by atoms with Crippen LogP contribution in [0.5, 0.6) is 0 Å². The highest BCUT2D eigenvalue weighted by atomic mass is 16.1. The van der Waals surface area contributed by atoms with Crippen molar-refractivity contribution in [1.29, 1.82) is 0 Å². The van der Waals surface area contributed by atoms with Crippen LogP contribution in [0.4, 0.5) is 0 Å².